The Morgan fingerprint density at radius 2 is 1.60 bits per heavy atom. The highest BCUT2D eigenvalue weighted by atomic mass is 15.2. The number of likely N-dealkylation sites (N-methyl/N-ethyl adjacent to an activating group) is 2. The Morgan fingerprint density at radius 1 is 1.07 bits per heavy atom. The molecule has 3 atom stereocenters. The second-order valence-corrected chi connectivity index (χ2v) is 5.00. The molecule has 0 bridgehead atoms. The Hall–Kier alpha value is -0.120. The van der Waals surface area contributed by atoms with Crippen LogP contribution in [0.25, 0.3) is 0 Å². The summed E-state index contributed by atoms with van der Waals surface area (Å²) < 4.78 is 0. The molecule has 0 fully saturated rings. The third-order valence-corrected chi connectivity index (χ3v) is 2.84. The standard InChI is InChI=1S/C12H29N3/c1-7-15(11(3)8-10(2)13)12(4)9-14(5)6/h10-12H,7-9,13H2,1-6H3. The Bertz CT molecular complexity index is 141. The molecule has 15 heavy (non-hydrogen) atoms. The summed E-state index contributed by atoms with van der Waals surface area (Å²) in [6.45, 7) is 11.1. The van der Waals surface area contributed by atoms with Crippen LogP contribution in [0, 0.1) is 0 Å². The molecule has 0 aromatic rings. The zero-order valence-electron chi connectivity index (χ0n) is 11.3. The van der Waals surface area contributed by atoms with Crippen molar-refractivity contribution < 1.29 is 0 Å². The van der Waals surface area contributed by atoms with E-state index in [1.807, 2.05) is 0 Å². The van der Waals surface area contributed by atoms with Gasteiger partial charge in [-0.15, -0.1) is 0 Å². The van der Waals surface area contributed by atoms with Crippen LogP contribution >= 0.6 is 0 Å². The minimum atomic E-state index is 0.292. The number of nitrogens with two attached hydrogens (primary N) is 1. The lowest BCUT2D eigenvalue weighted by Gasteiger charge is -2.35. The quantitative estimate of drug-likeness (QED) is 0.696. The summed E-state index contributed by atoms with van der Waals surface area (Å²) in [6.07, 6.45) is 1.08. The molecule has 0 spiro atoms. The van der Waals surface area contributed by atoms with Crippen LogP contribution < -0.4 is 5.73 Å². The van der Waals surface area contributed by atoms with Crippen molar-refractivity contribution in [3.8, 4) is 0 Å². The van der Waals surface area contributed by atoms with Crippen molar-refractivity contribution in [3.63, 3.8) is 0 Å². The van der Waals surface area contributed by atoms with Gasteiger partial charge in [0.15, 0.2) is 0 Å². The lowest BCUT2D eigenvalue weighted by molar-refractivity contribution is 0.127. The van der Waals surface area contributed by atoms with Gasteiger partial charge in [0.05, 0.1) is 0 Å². The van der Waals surface area contributed by atoms with E-state index in [9.17, 15) is 0 Å². The van der Waals surface area contributed by atoms with Crippen molar-refractivity contribution in [1.82, 2.24) is 9.80 Å². The maximum absolute atomic E-state index is 5.85. The highest BCUT2D eigenvalue weighted by Gasteiger charge is 2.19. The van der Waals surface area contributed by atoms with Gasteiger partial charge in [-0.3, -0.25) is 4.90 Å². The Kier molecular flexibility index (Phi) is 7.14. The predicted octanol–water partition coefficient (Wildman–Crippen LogP) is 1.38. The maximum Gasteiger partial charge on any atom is 0.0197 e. The van der Waals surface area contributed by atoms with Gasteiger partial charge in [0, 0.05) is 24.7 Å². The Labute approximate surface area is 95.6 Å². The fourth-order valence-electron chi connectivity index (χ4n) is 2.36. The van der Waals surface area contributed by atoms with Gasteiger partial charge in [-0.1, -0.05) is 6.92 Å². The highest BCUT2D eigenvalue weighted by Crippen LogP contribution is 2.10. The first kappa shape index (κ1) is 14.9. The van der Waals surface area contributed by atoms with E-state index in [2.05, 4.69) is 51.6 Å². The van der Waals surface area contributed by atoms with Gasteiger partial charge in [-0.25, -0.2) is 0 Å². The second-order valence-electron chi connectivity index (χ2n) is 5.00. The van der Waals surface area contributed by atoms with Crippen LogP contribution in [-0.4, -0.2) is 55.1 Å². The normalized spacial score (nSPS) is 18.2. The topological polar surface area (TPSA) is 32.5 Å². The molecule has 0 amide bonds. The molecule has 0 heterocycles. The van der Waals surface area contributed by atoms with Gasteiger partial charge in [0.1, 0.15) is 0 Å². The number of hydrogen-bond acceptors (Lipinski definition) is 3. The van der Waals surface area contributed by atoms with E-state index in [1.165, 1.54) is 0 Å². The third kappa shape index (κ3) is 6.13. The number of nitrogens with zero attached hydrogens (tertiary/aromatic N) is 2. The van der Waals surface area contributed by atoms with Gasteiger partial charge in [-0.2, -0.15) is 0 Å². The van der Waals surface area contributed by atoms with Crippen LogP contribution in [0.15, 0.2) is 0 Å². The molecule has 3 nitrogen and oxygen atoms in total. The van der Waals surface area contributed by atoms with Crippen molar-refractivity contribution in [3.05, 3.63) is 0 Å². The van der Waals surface area contributed by atoms with Crippen LogP contribution in [-0.2, 0) is 0 Å². The average molecular weight is 215 g/mol. The molecule has 0 aromatic carbocycles. The lowest BCUT2D eigenvalue weighted by Crippen LogP contribution is -2.46. The number of rotatable bonds is 7. The Balaban J connectivity index is 4.20. The molecule has 0 saturated carbocycles. The Morgan fingerprint density at radius 3 is 1.93 bits per heavy atom. The molecule has 0 aliphatic carbocycles. The maximum atomic E-state index is 5.85. The fourth-order valence-corrected chi connectivity index (χ4v) is 2.36. The molecule has 0 radical (unpaired) electrons. The van der Waals surface area contributed by atoms with Gasteiger partial charge in [0.25, 0.3) is 0 Å². The molecule has 0 rings (SSSR count). The molecular weight excluding hydrogens is 186 g/mol. The van der Waals surface area contributed by atoms with E-state index in [4.69, 9.17) is 5.73 Å². The third-order valence-electron chi connectivity index (χ3n) is 2.84. The molecular formula is C12H29N3. The number of hydrogen-bond donors (Lipinski definition) is 1. The molecule has 3 heteroatoms. The van der Waals surface area contributed by atoms with Crippen molar-refractivity contribution >= 4 is 0 Å². The van der Waals surface area contributed by atoms with E-state index in [0.29, 0.717) is 18.1 Å². The first-order valence-corrected chi connectivity index (χ1v) is 6.04. The molecule has 0 aliphatic rings. The van der Waals surface area contributed by atoms with Crippen LogP contribution in [0.2, 0.25) is 0 Å². The summed E-state index contributed by atoms with van der Waals surface area (Å²) >= 11 is 0. The molecule has 0 saturated heterocycles. The average Bonchev–Trinajstić information content (AvgIpc) is 2.01. The minimum Gasteiger partial charge on any atom is -0.328 e. The lowest BCUT2D eigenvalue weighted by atomic mass is 10.1. The minimum absolute atomic E-state index is 0.292. The van der Waals surface area contributed by atoms with Crippen molar-refractivity contribution in [1.29, 1.82) is 0 Å². The van der Waals surface area contributed by atoms with Crippen LogP contribution in [0.5, 0.6) is 0 Å². The summed E-state index contributed by atoms with van der Waals surface area (Å²) in [5.74, 6) is 0. The van der Waals surface area contributed by atoms with E-state index < -0.39 is 0 Å². The van der Waals surface area contributed by atoms with Gasteiger partial charge < -0.3 is 10.6 Å². The molecule has 0 aliphatic heterocycles. The van der Waals surface area contributed by atoms with E-state index in [1.54, 1.807) is 0 Å². The summed E-state index contributed by atoms with van der Waals surface area (Å²) in [5.41, 5.74) is 5.85. The van der Waals surface area contributed by atoms with Gasteiger partial charge in [-0.05, 0) is 47.8 Å². The largest absolute Gasteiger partial charge is 0.328 e. The summed E-state index contributed by atoms with van der Waals surface area (Å²) in [4.78, 5) is 4.77. The SMILES string of the molecule is CCN(C(C)CC(C)N)C(C)CN(C)C. The zero-order valence-corrected chi connectivity index (χ0v) is 11.3. The fraction of sp³-hybridized carbons (Fsp3) is 1.00. The summed E-state index contributed by atoms with van der Waals surface area (Å²) in [7, 11) is 4.25. The smallest absolute Gasteiger partial charge is 0.0197 e. The van der Waals surface area contributed by atoms with Crippen LogP contribution in [0.3, 0.4) is 0 Å². The van der Waals surface area contributed by atoms with Crippen molar-refractivity contribution in [2.45, 2.75) is 52.2 Å². The zero-order chi connectivity index (χ0) is 12.0. The second kappa shape index (κ2) is 7.20. The van der Waals surface area contributed by atoms with Crippen LogP contribution in [0.1, 0.15) is 34.1 Å². The first-order valence-electron chi connectivity index (χ1n) is 6.04. The molecule has 3 unspecified atom stereocenters. The van der Waals surface area contributed by atoms with Gasteiger partial charge >= 0.3 is 0 Å². The van der Waals surface area contributed by atoms with Crippen molar-refractivity contribution in [2.75, 3.05) is 27.2 Å². The van der Waals surface area contributed by atoms with E-state index in [-0.39, 0.29) is 0 Å². The monoisotopic (exact) mass is 215 g/mol. The molecule has 0 aromatic heterocycles. The molecule has 2 N–H and O–H groups in total. The van der Waals surface area contributed by atoms with Crippen molar-refractivity contribution in [2.24, 2.45) is 5.73 Å². The molecule has 92 valence electrons. The summed E-state index contributed by atoms with van der Waals surface area (Å²) in [6, 6.07) is 1.46. The summed E-state index contributed by atoms with van der Waals surface area (Å²) in [5, 5.41) is 0. The van der Waals surface area contributed by atoms with E-state index >= 15 is 0 Å². The predicted molar refractivity (Wildman–Crippen MR) is 68.1 cm³/mol. The van der Waals surface area contributed by atoms with E-state index in [0.717, 1.165) is 19.5 Å². The first-order chi connectivity index (χ1) is 6.88. The highest BCUT2D eigenvalue weighted by molar-refractivity contribution is 4.76. The van der Waals surface area contributed by atoms with Crippen LogP contribution in [0.4, 0.5) is 0 Å². The van der Waals surface area contributed by atoms with Gasteiger partial charge in [0.2, 0.25) is 0 Å².